The molecule has 0 aliphatic rings. The van der Waals surface area contributed by atoms with Crippen molar-refractivity contribution in [1.29, 1.82) is 0 Å². The summed E-state index contributed by atoms with van der Waals surface area (Å²) in [6, 6.07) is 12.0. The summed E-state index contributed by atoms with van der Waals surface area (Å²) < 4.78 is 5.54. The molecule has 4 unspecified atom stereocenters. The van der Waals surface area contributed by atoms with Crippen molar-refractivity contribution in [2.45, 2.75) is 124 Å². The maximum absolute atomic E-state index is 14.8. The number of para-hydroxylation sites is 1. The van der Waals surface area contributed by atoms with Crippen molar-refractivity contribution in [2.75, 3.05) is 0 Å². The Labute approximate surface area is 258 Å². The number of hydrogen-bond donors (Lipinski definition) is 3. The quantitative estimate of drug-likeness (QED) is 0.222. The van der Waals surface area contributed by atoms with E-state index in [1.54, 1.807) is 50.8 Å². The molecule has 2 rings (SSSR count). The number of amides is 3. The van der Waals surface area contributed by atoms with Crippen molar-refractivity contribution >= 4 is 17.9 Å². The van der Waals surface area contributed by atoms with Crippen LogP contribution in [0, 0.1) is 12.8 Å². The molecule has 4 atom stereocenters. The number of aryl methyl sites for hydroxylation is 1. The molecule has 2 aromatic rings. The highest BCUT2D eigenvalue weighted by Gasteiger charge is 2.40. The van der Waals surface area contributed by atoms with Crippen molar-refractivity contribution in [3.63, 3.8) is 0 Å². The van der Waals surface area contributed by atoms with Gasteiger partial charge in [0.25, 0.3) is 0 Å². The monoisotopic (exact) mass is 595 g/mol. The fourth-order valence-corrected chi connectivity index (χ4v) is 5.14. The highest BCUT2D eigenvalue weighted by Crippen LogP contribution is 2.35. The van der Waals surface area contributed by atoms with E-state index in [4.69, 9.17) is 4.74 Å². The van der Waals surface area contributed by atoms with E-state index >= 15 is 0 Å². The molecule has 0 bridgehead atoms. The Morgan fingerprint density at radius 2 is 1.56 bits per heavy atom. The van der Waals surface area contributed by atoms with Crippen LogP contribution in [0.25, 0.3) is 0 Å². The van der Waals surface area contributed by atoms with Crippen LogP contribution in [0.5, 0.6) is 5.75 Å². The largest absolute Gasteiger partial charge is 0.507 e. The Balaban J connectivity index is 2.70. The van der Waals surface area contributed by atoms with Crippen molar-refractivity contribution in [1.82, 2.24) is 15.5 Å². The van der Waals surface area contributed by atoms with Gasteiger partial charge in [-0.05, 0) is 77.8 Å². The van der Waals surface area contributed by atoms with Gasteiger partial charge in [-0.15, -0.1) is 0 Å². The van der Waals surface area contributed by atoms with Gasteiger partial charge in [-0.3, -0.25) is 9.59 Å². The predicted molar refractivity (Wildman–Crippen MR) is 172 cm³/mol. The molecular weight excluding hydrogens is 542 g/mol. The summed E-state index contributed by atoms with van der Waals surface area (Å²) >= 11 is 0. The molecule has 0 aliphatic heterocycles. The first-order valence-corrected chi connectivity index (χ1v) is 15.6. The van der Waals surface area contributed by atoms with Gasteiger partial charge in [0.15, 0.2) is 0 Å². The van der Waals surface area contributed by atoms with Gasteiger partial charge < -0.3 is 25.4 Å². The summed E-state index contributed by atoms with van der Waals surface area (Å²) in [5, 5.41) is 17.1. The van der Waals surface area contributed by atoms with E-state index in [0.717, 1.165) is 24.8 Å². The number of nitrogens with one attached hydrogen (secondary N) is 2. The molecule has 8 nitrogen and oxygen atoms in total. The van der Waals surface area contributed by atoms with Crippen LogP contribution in [0.1, 0.15) is 104 Å². The number of alkyl carbamates (subject to hydrolysis) is 1. The zero-order valence-corrected chi connectivity index (χ0v) is 27.6. The first kappa shape index (κ1) is 35.6. The van der Waals surface area contributed by atoms with Gasteiger partial charge in [0.1, 0.15) is 23.4 Å². The van der Waals surface area contributed by atoms with E-state index in [9.17, 15) is 19.5 Å². The van der Waals surface area contributed by atoms with Gasteiger partial charge in [0.05, 0.1) is 0 Å². The number of phenolic OH excluding ortho intramolecular Hbond substituents is 1. The van der Waals surface area contributed by atoms with Gasteiger partial charge >= 0.3 is 6.09 Å². The van der Waals surface area contributed by atoms with E-state index in [2.05, 4.69) is 24.5 Å². The first-order chi connectivity index (χ1) is 20.1. The van der Waals surface area contributed by atoms with Crippen LogP contribution < -0.4 is 10.6 Å². The molecule has 2 aromatic carbocycles. The molecule has 8 heteroatoms. The van der Waals surface area contributed by atoms with Crippen molar-refractivity contribution in [3.05, 3.63) is 65.2 Å². The second kappa shape index (κ2) is 16.3. The minimum absolute atomic E-state index is 0.0284. The molecule has 0 radical (unpaired) electrons. The van der Waals surface area contributed by atoms with E-state index in [0.29, 0.717) is 23.5 Å². The minimum Gasteiger partial charge on any atom is -0.507 e. The lowest BCUT2D eigenvalue weighted by molar-refractivity contribution is -0.145. The van der Waals surface area contributed by atoms with E-state index in [1.807, 2.05) is 51.1 Å². The highest BCUT2D eigenvalue weighted by atomic mass is 16.6. The Morgan fingerprint density at radius 1 is 0.907 bits per heavy atom. The molecule has 0 aromatic heterocycles. The molecule has 0 spiro atoms. The summed E-state index contributed by atoms with van der Waals surface area (Å²) in [4.78, 5) is 43.5. The number of nitrogens with zero attached hydrogens (tertiary/aromatic N) is 1. The minimum atomic E-state index is -1.12. The lowest BCUT2D eigenvalue weighted by atomic mass is 9.94. The van der Waals surface area contributed by atoms with Gasteiger partial charge in [-0.2, -0.15) is 0 Å². The summed E-state index contributed by atoms with van der Waals surface area (Å²) in [6.07, 6.45) is 2.60. The fourth-order valence-electron chi connectivity index (χ4n) is 5.14. The van der Waals surface area contributed by atoms with Crippen LogP contribution in [-0.4, -0.2) is 51.6 Å². The van der Waals surface area contributed by atoms with Crippen LogP contribution in [0.3, 0.4) is 0 Å². The summed E-state index contributed by atoms with van der Waals surface area (Å²) in [7, 11) is 0. The molecule has 43 heavy (non-hydrogen) atoms. The second-order valence-electron chi connectivity index (χ2n) is 13.1. The number of carbonyl (C=O) groups is 3. The average Bonchev–Trinajstić information content (AvgIpc) is 2.91. The van der Waals surface area contributed by atoms with Gasteiger partial charge in [-0.25, -0.2) is 4.79 Å². The lowest BCUT2D eigenvalue weighted by Crippen LogP contribution is -2.56. The van der Waals surface area contributed by atoms with E-state index in [1.165, 1.54) is 0 Å². The number of ether oxygens (including phenoxy) is 1. The predicted octanol–water partition coefficient (Wildman–Crippen LogP) is 6.84. The summed E-state index contributed by atoms with van der Waals surface area (Å²) in [6.45, 7) is 17.2. The number of rotatable bonds is 14. The third-order valence-electron chi connectivity index (χ3n) is 7.36. The van der Waals surface area contributed by atoms with E-state index in [-0.39, 0.29) is 30.2 Å². The fraction of sp³-hybridized carbons (Fsp3) is 0.571. The maximum Gasteiger partial charge on any atom is 0.408 e. The Hall–Kier alpha value is -3.55. The normalized spacial score (nSPS) is 14.4. The van der Waals surface area contributed by atoms with Gasteiger partial charge in [0, 0.05) is 24.1 Å². The standard InChI is InChI=1S/C35H53N3O5/c1-10-15-25(5)36-32(40)30(28-19-14-16-24(4)31(28)39)38(26(6)21-20-23(2)3)33(41)29(22-27-17-12-11-13-18-27)37-34(42)43-35(7,8)9/h11-14,16-19,23,25-26,29-30,39H,10,15,20-22H2,1-9H3,(H,36,40)(H,37,42). The van der Waals surface area contributed by atoms with Crippen molar-refractivity contribution in [2.24, 2.45) is 5.92 Å². The van der Waals surface area contributed by atoms with Gasteiger partial charge in [0.2, 0.25) is 11.8 Å². The van der Waals surface area contributed by atoms with Crippen LogP contribution in [-0.2, 0) is 20.7 Å². The molecule has 0 aliphatic carbocycles. The Kier molecular flexibility index (Phi) is 13.5. The molecule has 3 N–H and O–H groups in total. The zero-order chi connectivity index (χ0) is 32.3. The number of hydrogen-bond acceptors (Lipinski definition) is 5. The first-order valence-electron chi connectivity index (χ1n) is 15.6. The highest BCUT2D eigenvalue weighted by molar-refractivity contribution is 5.93. The Bertz CT molecular complexity index is 1190. The molecule has 0 saturated heterocycles. The SMILES string of the molecule is CCCC(C)NC(=O)C(c1cccc(C)c1O)N(C(=O)C(Cc1ccccc1)NC(=O)OC(C)(C)C)C(C)CCC(C)C. The molecule has 0 fully saturated rings. The maximum atomic E-state index is 14.8. The summed E-state index contributed by atoms with van der Waals surface area (Å²) in [5.41, 5.74) is 1.04. The van der Waals surface area contributed by atoms with Crippen LogP contribution in [0.4, 0.5) is 4.79 Å². The molecule has 238 valence electrons. The lowest BCUT2D eigenvalue weighted by Gasteiger charge is -2.39. The third-order valence-corrected chi connectivity index (χ3v) is 7.36. The van der Waals surface area contributed by atoms with Crippen molar-refractivity contribution < 1.29 is 24.2 Å². The number of phenols is 1. The Morgan fingerprint density at radius 3 is 2.14 bits per heavy atom. The van der Waals surface area contributed by atoms with Gasteiger partial charge in [-0.1, -0.05) is 75.7 Å². The molecule has 0 saturated carbocycles. The van der Waals surface area contributed by atoms with E-state index < -0.39 is 29.7 Å². The topological polar surface area (TPSA) is 108 Å². The third kappa shape index (κ3) is 11.2. The van der Waals surface area contributed by atoms with Crippen molar-refractivity contribution in [3.8, 4) is 5.75 Å². The number of carbonyl (C=O) groups excluding carboxylic acids is 3. The average molecular weight is 596 g/mol. The second-order valence-corrected chi connectivity index (χ2v) is 13.1. The van der Waals surface area contributed by atoms with Crippen LogP contribution >= 0.6 is 0 Å². The number of aromatic hydroxyl groups is 1. The molecular formula is C35H53N3O5. The number of benzene rings is 2. The van der Waals surface area contributed by atoms with Crippen LogP contribution in [0.15, 0.2) is 48.5 Å². The summed E-state index contributed by atoms with van der Waals surface area (Å²) in [5.74, 6) is -0.444. The molecule has 3 amide bonds. The zero-order valence-electron chi connectivity index (χ0n) is 27.6. The smallest absolute Gasteiger partial charge is 0.408 e. The van der Waals surface area contributed by atoms with Crippen LogP contribution in [0.2, 0.25) is 0 Å². The molecule has 0 heterocycles.